The minimum absolute atomic E-state index is 0. The zero-order valence-electron chi connectivity index (χ0n) is 12.5. The largest absolute Gasteiger partial charge is 0.855 e. The molecule has 0 aromatic carbocycles. The second kappa shape index (κ2) is 25.0. The van der Waals surface area contributed by atoms with E-state index >= 15 is 0 Å². The number of allylic oxidation sites excluding steroid dienone is 1. The molecule has 0 bridgehead atoms. The normalized spacial score (nSPS) is 11.4. The van der Waals surface area contributed by atoms with Gasteiger partial charge in [-0.25, -0.2) is 0 Å². The number of carbonyl (C=O) groups excluding carboxylic acids is 1. The number of rotatable bonds is 1. The monoisotopic (exact) mass is 269 g/mol. The van der Waals surface area contributed by atoms with Crippen LogP contribution in [-0.2, 0) is 4.79 Å². The molecule has 0 amide bonds. The van der Waals surface area contributed by atoms with Crippen LogP contribution in [0.3, 0.4) is 0 Å². The van der Waals surface area contributed by atoms with Gasteiger partial charge in [0.2, 0.25) is 0 Å². The van der Waals surface area contributed by atoms with Gasteiger partial charge in [-0.2, -0.15) is 0 Å². The molecule has 0 unspecified atom stereocenters. The Hall–Kier alpha value is -0.990. The molecule has 0 saturated heterocycles. The lowest BCUT2D eigenvalue weighted by molar-refractivity contribution is -0.362. The summed E-state index contributed by atoms with van der Waals surface area (Å²) in [4.78, 5) is 10.2. The molecule has 0 radical (unpaired) electrons. The number of carboxylic acid groups (broad SMARTS) is 1. The lowest BCUT2D eigenvalue weighted by Gasteiger charge is -2.12. The molecule has 0 aromatic rings. The Kier molecular flexibility index (Phi) is 42.0. The van der Waals surface area contributed by atoms with Gasteiger partial charge in [-0.15, -0.1) is 13.2 Å². The molecule has 114 valence electrons. The van der Waals surface area contributed by atoms with Gasteiger partial charge in [0.15, 0.2) is 0 Å². The molecule has 0 spiro atoms. The summed E-state index contributed by atoms with van der Waals surface area (Å²) in [5, 5.41) is 28.0. The van der Waals surface area contributed by atoms with E-state index in [1.54, 1.807) is 19.9 Å². The smallest absolute Gasteiger partial charge is 0.0671 e. The van der Waals surface area contributed by atoms with E-state index in [1.807, 2.05) is 0 Å². The van der Waals surface area contributed by atoms with E-state index in [0.29, 0.717) is 12.0 Å². The van der Waals surface area contributed by atoms with Crippen molar-refractivity contribution in [1.82, 2.24) is 18.5 Å². The molecule has 1 aliphatic rings. The Balaban J connectivity index is -0.0000000549. The quantitative estimate of drug-likeness (QED) is 0.606. The molecule has 12 N–H and O–H groups in total. The predicted octanol–water partition coefficient (Wildman–Crippen LogP) is 0.0985. The van der Waals surface area contributed by atoms with Crippen molar-refractivity contribution in [2.24, 2.45) is 0 Å². The highest BCUT2D eigenvalue weighted by Gasteiger charge is 2.02. The number of hydrogen-bond acceptors (Lipinski definition) is 4. The summed E-state index contributed by atoms with van der Waals surface area (Å²) < 4.78 is 0. The first-order valence-electron chi connectivity index (χ1n) is 5.20. The van der Waals surface area contributed by atoms with Crippen LogP contribution in [0.25, 0.3) is 0 Å². The van der Waals surface area contributed by atoms with Gasteiger partial charge in [0.05, 0.1) is 5.97 Å². The molecule has 18 heavy (non-hydrogen) atoms. The number of quaternary nitrogens is 3. The second-order valence-electron chi connectivity index (χ2n) is 2.84. The van der Waals surface area contributed by atoms with E-state index in [-0.39, 0.29) is 31.7 Å². The molecular weight excluding hydrogens is 238 g/mol. The Bertz CT molecular complexity index is 185. The maximum Gasteiger partial charge on any atom is 0.0671 e. The van der Waals surface area contributed by atoms with Crippen molar-refractivity contribution in [3.8, 4) is 0 Å². The first-order valence-corrected chi connectivity index (χ1v) is 5.20. The van der Waals surface area contributed by atoms with Crippen molar-refractivity contribution in [1.29, 1.82) is 0 Å². The average Bonchev–Trinajstić information content (AvgIpc) is 2.21. The molecule has 0 saturated carbocycles. The van der Waals surface area contributed by atoms with Crippen molar-refractivity contribution >= 4 is 5.97 Å². The van der Waals surface area contributed by atoms with E-state index in [9.17, 15) is 9.90 Å². The Morgan fingerprint density at radius 1 is 1.11 bits per heavy atom. The molecule has 0 aliphatic heterocycles. The van der Waals surface area contributed by atoms with Crippen LogP contribution in [0.15, 0.2) is 11.6 Å². The molecular formula is C11H31N3O4. The summed E-state index contributed by atoms with van der Waals surface area (Å²) in [7, 11) is 0. The van der Waals surface area contributed by atoms with Crippen LogP contribution in [0.2, 0.25) is 0 Å². The third-order valence-corrected chi connectivity index (χ3v) is 1.55. The van der Waals surface area contributed by atoms with Crippen LogP contribution in [0.4, 0.5) is 0 Å². The van der Waals surface area contributed by atoms with Crippen molar-refractivity contribution in [3.63, 3.8) is 0 Å². The van der Waals surface area contributed by atoms with Crippen LogP contribution in [0.5, 0.6) is 0 Å². The fourth-order valence-electron chi connectivity index (χ4n) is 1.02. The van der Waals surface area contributed by atoms with Crippen LogP contribution in [0, 0.1) is 0 Å². The summed E-state index contributed by atoms with van der Waals surface area (Å²) in [6.07, 6.45) is 5.49. The van der Waals surface area contributed by atoms with Crippen molar-refractivity contribution in [2.45, 2.75) is 39.5 Å². The van der Waals surface area contributed by atoms with Gasteiger partial charge < -0.3 is 38.6 Å². The van der Waals surface area contributed by atoms with Crippen LogP contribution >= 0.6 is 0 Å². The molecule has 7 nitrogen and oxygen atoms in total. The SMILES string of the molecule is CC[O-].CC[O-].O=C([O-])C1=CCCCC1.[NH4+].[NH4+].[NH4+]. The molecule has 0 heterocycles. The Morgan fingerprint density at radius 3 is 1.67 bits per heavy atom. The Morgan fingerprint density at radius 2 is 1.50 bits per heavy atom. The number of carboxylic acids is 1. The van der Waals surface area contributed by atoms with Crippen molar-refractivity contribution in [2.75, 3.05) is 13.2 Å². The molecule has 1 aliphatic carbocycles. The number of carbonyl (C=O) groups is 1. The molecule has 0 aromatic heterocycles. The molecule has 1 rings (SSSR count). The minimum Gasteiger partial charge on any atom is -0.855 e. The third-order valence-electron chi connectivity index (χ3n) is 1.55. The third kappa shape index (κ3) is 24.3. The second-order valence-corrected chi connectivity index (χ2v) is 2.84. The summed E-state index contributed by atoms with van der Waals surface area (Å²) in [6.45, 7) is 3.14. The maximum atomic E-state index is 10.2. The van der Waals surface area contributed by atoms with Crippen LogP contribution in [0.1, 0.15) is 39.5 Å². The van der Waals surface area contributed by atoms with Crippen molar-refractivity contribution in [3.05, 3.63) is 11.6 Å². The standard InChI is InChI=1S/C7H10O2.2C2H5O.3H3N/c8-7(9)6-4-2-1-3-5-6;2*1-2-3;;;/h4H,1-3,5H2,(H,8,9);2*2H2,1H3;3*1H3/q;2*-1;;;/p+2. The van der Waals surface area contributed by atoms with Gasteiger partial charge in [-0.05, 0) is 31.3 Å². The van der Waals surface area contributed by atoms with E-state index in [4.69, 9.17) is 10.2 Å². The summed E-state index contributed by atoms with van der Waals surface area (Å²) in [5.41, 5.74) is 0.487. The average molecular weight is 269 g/mol. The van der Waals surface area contributed by atoms with Crippen LogP contribution < -0.4 is 33.8 Å². The van der Waals surface area contributed by atoms with Gasteiger partial charge in [0.25, 0.3) is 0 Å². The highest BCUT2D eigenvalue weighted by atomic mass is 16.4. The van der Waals surface area contributed by atoms with E-state index in [0.717, 1.165) is 19.3 Å². The van der Waals surface area contributed by atoms with Gasteiger partial charge in [-0.1, -0.05) is 19.9 Å². The highest BCUT2D eigenvalue weighted by molar-refractivity contribution is 5.84. The first-order chi connectivity index (χ1) is 7.13. The summed E-state index contributed by atoms with van der Waals surface area (Å²) in [6, 6.07) is 0. The molecule has 0 atom stereocenters. The van der Waals surface area contributed by atoms with E-state index in [2.05, 4.69) is 0 Å². The lowest BCUT2D eigenvalue weighted by atomic mass is 10.0. The van der Waals surface area contributed by atoms with Gasteiger partial charge in [0, 0.05) is 0 Å². The topological polar surface area (TPSA) is 196 Å². The Labute approximate surface area is 110 Å². The minimum atomic E-state index is -0.991. The highest BCUT2D eigenvalue weighted by Crippen LogP contribution is 2.15. The zero-order valence-corrected chi connectivity index (χ0v) is 12.5. The van der Waals surface area contributed by atoms with Crippen molar-refractivity contribution < 1.29 is 20.1 Å². The van der Waals surface area contributed by atoms with E-state index in [1.165, 1.54) is 0 Å². The fourth-order valence-corrected chi connectivity index (χ4v) is 1.02. The maximum absolute atomic E-state index is 10.2. The summed E-state index contributed by atoms with van der Waals surface area (Å²) in [5.74, 6) is -0.991. The number of hydrogen-bond donors (Lipinski definition) is 3. The van der Waals surface area contributed by atoms with E-state index < -0.39 is 5.97 Å². The van der Waals surface area contributed by atoms with Gasteiger partial charge in [0.1, 0.15) is 0 Å². The number of aliphatic carboxylic acids is 1. The fraction of sp³-hybridized carbons (Fsp3) is 0.727. The lowest BCUT2D eigenvalue weighted by Crippen LogP contribution is -2.25. The predicted molar refractivity (Wildman–Crippen MR) is 70.6 cm³/mol. The van der Waals surface area contributed by atoms with Crippen LogP contribution in [-0.4, -0.2) is 19.2 Å². The first kappa shape index (κ1) is 30.2. The molecule has 7 heteroatoms. The summed E-state index contributed by atoms with van der Waals surface area (Å²) >= 11 is 0. The van der Waals surface area contributed by atoms with Gasteiger partial charge >= 0.3 is 0 Å². The molecule has 0 fully saturated rings. The van der Waals surface area contributed by atoms with Gasteiger partial charge in [-0.3, -0.25) is 0 Å². The zero-order chi connectivity index (χ0) is 12.1.